The van der Waals surface area contributed by atoms with E-state index in [-0.39, 0.29) is 6.61 Å². The summed E-state index contributed by atoms with van der Waals surface area (Å²) < 4.78 is 5.25. The molecule has 4 nitrogen and oxygen atoms in total. The van der Waals surface area contributed by atoms with Crippen LogP contribution in [0.25, 0.3) is 0 Å². The number of methoxy groups -OCH3 is 1. The number of β-amino-alcohol motifs (C(OH)–C–C–N with tert-alkyl or cyclic N) is 1. The highest BCUT2D eigenvalue weighted by Gasteiger charge is 2.34. The Kier molecular flexibility index (Phi) is 4.33. The van der Waals surface area contributed by atoms with Crippen molar-refractivity contribution < 1.29 is 9.84 Å². The van der Waals surface area contributed by atoms with Crippen molar-refractivity contribution in [3.63, 3.8) is 0 Å². The predicted molar refractivity (Wildman–Crippen MR) is 52.7 cm³/mol. The molecule has 1 aliphatic rings. The lowest BCUT2D eigenvalue weighted by Crippen LogP contribution is -2.48. The van der Waals surface area contributed by atoms with Gasteiger partial charge in [-0.25, -0.2) is 0 Å². The summed E-state index contributed by atoms with van der Waals surface area (Å²) in [5, 5.41) is 20.9. The number of ether oxygens (including phenoxy) is 1. The SMILES string of the molecule is COC1CCC(C#N)(NCCO)CC1. The van der Waals surface area contributed by atoms with Gasteiger partial charge < -0.3 is 9.84 Å². The Morgan fingerprint density at radius 3 is 2.64 bits per heavy atom. The number of aliphatic hydroxyl groups excluding tert-OH is 1. The fourth-order valence-corrected chi connectivity index (χ4v) is 1.94. The maximum absolute atomic E-state index is 9.09. The van der Waals surface area contributed by atoms with E-state index < -0.39 is 5.54 Å². The normalized spacial score (nSPS) is 32.5. The summed E-state index contributed by atoms with van der Waals surface area (Å²) in [6, 6.07) is 2.32. The molecule has 0 aromatic carbocycles. The third-order valence-corrected chi connectivity index (χ3v) is 2.91. The fraction of sp³-hybridized carbons (Fsp3) is 0.900. The minimum atomic E-state index is -0.433. The maximum Gasteiger partial charge on any atom is 0.107 e. The number of nitrogens with one attached hydrogen (secondary N) is 1. The summed E-state index contributed by atoms with van der Waals surface area (Å²) in [7, 11) is 1.71. The smallest absolute Gasteiger partial charge is 0.107 e. The first-order valence-electron chi connectivity index (χ1n) is 5.06. The molecule has 0 atom stereocenters. The number of rotatable bonds is 4. The molecule has 1 rings (SSSR count). The van der Waals surface area contributed by atoms with E-state index in [0.717, 1.165) is 25.7 Å². The van der Waals surface area contributed by atoms with Crippen LogP contribution in [0.1, 0.15) is 25.7 Å². The molecule has 0 saturated heterocycles. The van der Waals surface area contributed by atoms with Crippen LogP contribution in [-0.4, -0.2) is 37.0 Å². The van der Waals surface area contributed by atoms with Gasteiger partial charge in [0.05, 0.1) is 18.8 Å². The van der Waals surface area contributed by atoms with Crippen LogP contribution in [0.2, 0.25) is 0 Å². The van der Waals surface area contributed by atoms with Crippen LogP contribution in [0.4, 0.5) is 0 Å². The van der Waals surface area contributed by atoms with Crippen molar-refractivity contribution in [2.24, 2.45) is 0 Å². The molecule has 0 radical (unpaired) electrons. The van der Waals surface area contributed by atoms with Crippen LogP contribution in [0.15, 0.2) is 0 Å². The van der Waals surface area contributed by atoms with Crippen molar-refractivity contribution in [2.45, 2.75) is 37.3 Å². The fourth-order valence-electron chi connectivity index (χ4n) is 1.94. The van der Waals surface area contributed by atoms with Crippen molar-refractivity contribution >= 4 is 0 Å². The Hall–Kier alpha value is -0.630. The highest BCUT2D eigenvalue weighted by Crippen LogP contribution is 2.29. The molecule has 1 aliphatic carbocycles. The van der Waals surface area contributed by atoms with Crippen LogP contribution < -0.4 is 5.32 Å². The van der Waals surface area contributed by atoms with Crippen LogP contribution in [0.5, 0.6) is 0 Å². The first-order chi connectivity index (χ1) is 6.76. The minimum absolute atomic E-state index is 0.0805. The Balaban J connectivity index is 2.45. The van der Waals surface area contributed by atoms with Crippen molar-refractivity contribution in [1.82, 2.24) is 5.32 Å². The second-order valence-electron chi connectivity index (χ2n) is 3.78. The minimum Gasteiger partial charge on any atom is -0.395 e. The third-order valence-electron chi connectivity index (χ3n) is 2.91. The topological polar surface area (TPSA) is 65.3 Å². The molecule has 80 valence electrons. The van der Waals surface area contributed by atoms with Gasteiger partial charge in [0.1, 0.15) is 5.54 Å². The second kappa shape index (κ2) is 5.30. The van der Waals surface area contributed by atoms with E-state index in [9.17, 15) is 0 Å². The van der Waals surface area contributed by atoms with Gasteiger partial charge in [-0.1, -0.05) is 0 Å². The monoisotopic (exact) mass is 198 g/mol. The van der Waals surface area contributed by atoms with E-state index in [1.165, 1.54) is 0 Å². The van der Waals surface area contributed by atoms with E-state index in [1.54, 1.807) is 7.11 Å². The van der Waals surface area contributed by atoms with Gasteiger partial charge in [-0.15, -0.1) is 0 Å². The molecule has 14 heavy (non-hydrogen) atoms. The lowest BCUT2D eigenvalue weighted by Gasteiger charge is -2.34. The second-order valence-corrected chi connectivity index (χ2v) is 3.78. The Morgan fingerprint density at radius 1 is 1.57 bits per heavy atom. The van der Waals surface area contributed by atoms with Crippen LogP contribution in [-0.2, 0) is 4.74 Å². The van der Waals surface area contributed by atoms with Gasteiger partial charge in [-0.3, -0.25) is 5.32 Å². The van der Waals surface area contributed by atoms with Gasteiger partial charge in [0, 0.05) is 13.7 Å². The zero-order valence-corrected chi connectivity index (χ0v) is 8.62. The molecule has 1 fully saturated rings. The summed E-state index contributed by atoms with van der Waals surface area (Å²) in [5.41, 5.74) is -0.433. The van der Waals surface area contributed by atoms with Gasteiger partial charge in [0.25, 0.3) is 0 Å². The van der Waals surface area contributed by atoms with E-state index >= 15 is 0 Å². The third kappa shape index (κ3) is 2.68. The van der Waals surface area contributed by atoms with Crippen molar-refractivity contribution in [1.29, 1.82) is 5.26 Å². The molecule has 0 amide bonds. The van der Waals surface area contributed by atoms with Gasteiger partial charge in [-0.05, 0) is 25.7 Å². The molecule has 0 aromatic heterocycles. The average Bonchev–Trinajstić information content (AvgIpc) is 2.27. The number of nitrogens with zero attached hydrogens (tertiary/aromatic N) is 1. The Labute approximate surface area is 84.9 Å². The van der Waals surface area contributed by atoms with Gasteiger partial charge in [-0.2, -0.15) is 5.26 Å². The zero-order valence-electron chi connectivity index (χ0n) is 8.62. The van der Waals surface area contributed by atoms with Gasteiger partial charge >= 0.3 is 0 Å². The van der Waals surface area contributed by atoms with Crippen molar-refractivity contribution in [3.8, 4) is 6.07 Å². The quantitative estimate of drug-likeness (QED) is 0.687. The zero-order chi connectivity index (χ0) is 10.4. The molecular formula is C10H18N2O2. The predicted octanol–water partition coefficient (Wildman–Crippen LogP) is 0.420. The standard InChI is InChI=1S/C10H18N2O2/c1-14-9-2-4-10(8-11,5-3-9)12-6-7-13/h9,12-13H,2-7H2,1H3. The summed E-state index contributed by atoms with van der Waals surface area (Å²) in [6.07, 6.45) is 3.75. The lowest BCUT2D eigenvalue weighted by molar-refractivity contribution is 0.0517. The summed E-state index contributed by atoms with van der Waals surface area (Å²) in [4.78, 5) is 0. The van der Waals surface area contributed by atoms with Gasteiger partial charge in [0.15, 0.2) is 0 Å². The molecule has 4 heteroatoms. The molecule has 0 bridgehead atoms. The molecule has 0 aromatic rings. The molecular weight excluding hydrogens is 180 g/mol. The molecule has 0 aliphatic heterocycles. The van der Waals surface area contributed by atoms with Crippen LogP contribution in [0.3, 0.4) is 0 Å². The molecule has 2 N–H and O–H groups in total. The molecule has 1 saturated carbocycles. The highest BCUT2D eigenvalue weighted by atomic mass is 16.5. The van der Waals surface area contributed by atoms with Crippen LogP contribution >= 0.6 is 0 Å². The first-order valence-corrected chi connectivity index (χ1v) is 5.06. The number of hydrogen-bond acceptors (Lipinski definition) is 4. The van der Waals surface area contributed by atoms with E-state index in [4.69, 9.17) is 15.1 Å². The highest BCUT2D eigenvalue weighted by molar-refractivity contribution is 5.09. The summed E-state index contributed by atoms with van der Waals surface area (Å²) in [5.74, 6) is 0. The number of hydrogen-bond donors (Lipinski definition) is 2. The van der Waals surface area contributed by atoms with E-state index in [0.29, 0.717) is 12.6 Å². The largest absolute Gasteiger partial charge is 0.395 e. The number of nitriles is 1. The van der Waals surface area contributed by atoms with E-state index in [2.05, 4.69) is 11.4 Å². The first kappa shape index (κ1) is 11.4. The molecule has 0 unspecified atom stereocenters. The van der Waals surface area contributed by atoms with E-state index in [1.807, 2.05) is 0 Å². The maximum atomic E-state index is 9.09. The lowest BCUT2D eigenvalue weighted by atomic mass is 9.81. The summed E-state index contributed by atoms with van der Waals surface area (Å²) in [6.45, 7) is 0.572. The van der Waals surface area contributed by atoms with Crippen LogP contribution in [0, 0.1) is 11.3 Å². The van der Waals surface area contributed by atoms with Gasteiger partial charge in [0.2, 0.25) is 0 Å². The number of aliphatic hydroxyl groups is 1. The van der Waals surface area contributed by atoms with Crippen molar-refractivity contribution in [3.05, 3.63) is 0 Å². The summed E-state index contributed by atoms with van der Waals surface area (Å²) >= 11 is 0. The Morgan fingerprint density at radius 2 is 2.21 bits per heavy atom. The Bertz CT molecular complexity index is 205. The molecule has 0 spiro atoms. The van der Waals surface area contributed by atoms with Crippen molar-refractivity contribution in [2.75, 3.05) is 20.3 Å². The average molecular weight is 198 g/mol. The molecule has 0 heterocycles.